The van der Waals surface area contributed by atoms with E-state index in [2.05, 4.69) is 0 Å². The molecule has 0 bridgehead atoms. The van der Waals surface area contributed by atoms with Crippen molar-refractivity contribution in [3.05, 3.63) is 35.9 Å². The van der Waals surface area contributed by atoms with Gasteiger partial charge in [-0.2, -0.15) is 0 Å². The monoisotopic (exact) mass is 261 g/mol. The van der Waals surface area contributed by atoms with E-state index in [4.69, 9.17) is 9.84 Å². The highest BCUT2D eigenvalue weighted by molar-refractivity contribution is 5.92. The molecule has 0 saturated carbocycles. The number of aliphatic hydroxyl groups excluding tert-OH is 1. The minimum absolute atomic E-state index is 0.0176. The van der Waals surface area contributed by atoms with Crippen LogP contribution in [0.1, 0.15) is 12.5 Å². The van der Waals surface area contributed by atoms with Gasteiger partial charge in [-0.1, -0.05) is 18.2 Å². The Bertz CT molecular complexity index is 464. The fraction of sp³-hybridized carbons (Fsp3) is 0.400. The predicted octanol–water partition coefficient (Wildman–Crippen LogP) is 1.55. The molecular weight excluding hydrogens is 242 g/mol. The third-order valence-electron chi connectivity index (χ3n) is 3.15. The topological polar surface area (TPSA) is 49.8 Å². The number of amides is 1. The zero-order valence-corrected chi connectivity index (χ0v) is 11.1. The Morgan fingerprint density at radius 3 is 2.89 bits per heavy atom. The number of carbonyl (C=O) groups excluding carboxylic acids is 1. The highest BCUT2D eigenvalue weighted by Crippen LogP contribution is 2.20. The fourth-order valence-corrected chi connectivity index (χ4v) is 2.04. The van der Waals surface area contributed by atoms with Gasteiger partial charge in [0.2, 0.25) is 5.91 Å². The number of hydrogen-bond donors (Lipinski definition) is 1. The van der Waals surface area contributed by atoms with E-state index < -0.39 is 0 Å². The van der Waals surface area contributed by atoms with Gasteiger partial charge in [-0.05, 0) is 19.1 Å². The third kappa shape index (κ3) is 3.35. The Balaban J connectivity index is 1.97. The van der Waals surface area contributed by atoms with Gasteiger partial charge in [0.05, 0.1) is 6.61 Å². The Morgan fingerprint density at radius 1 is 1.47 bits per heavy atom. The lowest BCUT2D eigenvalue weighted by Crippen LogP contribution is -2.50. The summed E-state index contributed by atoms with van der Waals surface area (Å²) >= 11 is 0. The van der Waals surface area contributed by atoms with E-state index in [0.717, 1.165) is 11.3 Å². The molecule has 1 amide bonds. The van der Waals surface area contributed by atoms with Crippen molar-refractivity contribution in [1.29, 1.82) is 0 Å². The fourth-order valence-electron chi connectivity index (χ4n) is 2.04. The molecule has 2 rings (SSSR count). The van der Waals surface area contributed by atoms with E-state index in [1.54, 1.807) is 17.1 Å². The van der Waals surface area contributed by atoms with E-state index in [9.17, 15) is 4.79 Å². The van der Waals surface area contributed by atoms with Crippen LogP contribution < -0.4 is 4.74 Å². The van der Waals surface area contributed by atoms with Crippen LogP contribution in [0.4, 0.5) is 0 Å². The van der Waals surface area contributed by atoms with Crippen molar-refractivity contribution in [2.45, 2.75) is 6.92 Å². The summed E-state index contributed by atoms with van der Waals surface area (Å²) in [5.41, 5.74) is 0.900. The molecule has 4 heteroatoms. The van der Waals surface area contributed by atoms with Crippen LogP contribution in [0.25, 0.3) is 6.08 Å². The first-order valence-corrected chi connectivity index (χ1v) is 6.54. The number of para-hydroxylation sites is 1. The zero-order chi connectivity index (χ0) is 13.7. The Morgan fingerprint density at radius 2 is 2.21 bits per heavy atom. The van der Waals surface area contributed by atoms with Crippen molar-refractivity contribution < 1.29 is 14.6 Å². The summed E-state index contributed by atoms with van der Waals surface area (Å²) in [7, 11) is 0. The standard InChI is InChI=1S/C15H19NO3/c1-2-19-14-6-4-3-5-13(14)7-8-15(18)16-9-12(10-16)11-17/h3-8,12,17H,2,9-11H2,1H3. The van der Waals surface area contributed by atoms with Crippen LogP contribution in [0.15, 0.2) is 30.3 Å². The first kappa shape index (κ1) is 13.6. The average Bonchev–Trinajstić information content (AvgIpc) is 2.37. The molecule has 0 aromatic heterocycles. The minimum Gasteiger partial charge on any atom is -0.493 e. The number of hydrogen-bond acceptors (Lipinski definition) is 3. The Labute approximate surface area is 113 Å². The highest BCUT2D eigenvalue weighted by Gasteiger charge is 2.28. The predicted molar refractivity (Wildman–Crippen MR) is 73.8 cm³/mol. The number of nitrogens with zero attached hydrogens (tertiary/aromatic N) is 1. The molecule has 0 radical (unpaired) electrons. The molecule has 0 atom stereocenters. The van der Waals surface area contributed by atoms with Gasteiger partial charge in [0, 0.05) is 37.3 Å². The number of aliphatic hydroxyl groups is 1. The molecule has 1 aromatic carbocycles. The van der Waals surface area contributed by atoms with Crippen molar-refractivity contribution in [3.8, 4) is 5.75 Å². The molecular formula is C15H19NO3. The van der Waals surface area contributed by atoms with Crippen molar-refractivity contribution >= 4 is 12.0 Å². The van der Waals surface area contributed by atoms with Gasteiger partial charge in [-0.3, -0.25) is 4.79 Å². The molecule has 102 valence electrons. The molecule has 19 heavy (non-hydrogen) atoms. The molecule has 1 N–H and O–H groups in total. The smallest absolute Gasteiger partial charge is 0.246 e. The van der Waals surface area contributed by atoms with Crippen LogP contribution in [0.5, 0.6) is 5.75 Å². The maximum Gasteiger partial charge on any atom is 0.246 e. The minimum atomic E-state index is -0.0176. The van der Waals surface area contributed by atoms with E-state index >= 15 is 0 Å². The SMILES string of the molecule is CCOc1ccccc1C=CC(=O)N1CC(CO)C1. The zero-order valence-electron chi connectivity index (χ0n) is 11.1. The summed E-state index contributed by atoms with van der Waals surface area (Å²) in [5.74, 6) is 1.01. The van der Waals surface area contributed by atoms with Crippen molar-refractivity contribution in [2.24, 2.45) is 5.92 Å². The molecule has 4 nitrogen and oxygen atoms in total. The molecule has 1 heterocycles. The van der Waals surface area contributed by atoms with Crippen molar-refractivity contribution in [2.75, 3.05) is 26.3 Å². The van der Waals surface area contributed by atoms with Crippen molar-refractivity contribution in [1.82, 2.24) is 4.90 Å². The number of likely N-dealkylation sites (tertiary alicyclic amines) is 1. The molecule has 0 unspecified atom stereocenters. The molecule has 1 fully saturated rings. The van der Waals surface area contributed by atoms with Gasteiger partial charge in [0.1, 0.15) is 5.75 Å². The maximum absolute atomic E-state index is 11.8. The first-order valence-electron chi connectivity index (χ1n) is 6.54. The lowest BCUT2D eigenvalue weighted by molar-refractivity contribution is -0.132. The molecule has 0 spiro atoms. The Hall–Kier alpha value is -1.81. The van der Waals surface area contributed by atoms with Gasteiger partial charge in [0.15, 0.2) is 0 Å². The molecule has 0 aliphatic carbocycles. The van der Waals surface area contributed by atoms with E-state index in [1.807, 2.05) is 31.2 Å². The van der Waals surface area contributed by atoms with Crippen LogP contribution in [-0.2, 0) is 4.79 Å². The molecule has 1 aliphatic rings. The second-order valence-corrected chi connectivity index (χ2v) is 4.60. The normalized spacial score (nSPS) is 15.6. The number of carbonyl (C=O) groups is 1. The highest BCUT2D eigenvalue weighted by atomic mass is 16.5. The number of benzene rings is 1. The summed E-state index contributed by atoms with van der Waals surface area (Å²) in [6.07, 6.45) is 3.34. The second kappa shape index (κ2) is 6.38. The lowest BCUT2D eigenvalue weighted by Gasteiger charge is -2.37. The van der Waals surface area contributed by atoms with Crippen LogP contribution in [0.2, 0.25) is 0 Å². The summed E-state index contributed by atoms with van der Waals surface area (Å²) < 4.78 is 5.50. The Kier molecular flexibility index (Phi) is 4.58. The van der Waals surface area contributed by atoms with E-state index in [0.29, 0.717) is 19.7 Å². The van der Waals surface area contributed by atoms with Gasteiger partial charge in [-0.15, -0.1) is 0 Å². The molecule has 1 aliphatic heterocycles. The van der Waals surface area contributed by atoms with Gasteiger partial charge in [-0.25, -0.2) is 0 Å². The number of ether oxygens (including phenoxy) is 1. The second-order valence-electron chi connectivity index (χ2n) is 4.60. The first-order chi connectivity index (χ1) is 9.24. The van der Waals surface area contributed by atoms with Crippen LogP contribution in [0, 0.1) is 5.92 Å². The van der Waals surface area contributed by atoms with Gasteiger partial charge >= 0.3 is 0 Å². The average molecular weight is 261 g/mol. The summed E-state index contributed by atoms with van der Waals surface area (Å²) in [6, 6.07) is 7.63. The summed E-state index contributed by atoms with van der Waals surface area (Å²) in [4.78, 5) is 13.6. The van der Waals surface area contributed by atoms with Crippen LogP contribution in [-0.4, -0.2) is 42.2 Å². The quantitative estimate of drug-likeness (QED) is 0.818. The molecule has 1 saturated heterocycles. The van der Waals surface area contributed by atoms with E-state index in [-0.39, 0.29) is 18.4 Å². The van der Waals surface area contributed by atoms with Crippen LogP contribution in [0.3, 0.4) is 0 Å². The lowest BCUT2D eigenvalue weighted by atomic mass is 10.0. The van der Waals surface area contributed by atoms with E-state index in [1.165, 1.54) is 0 Å². The van der Waals surface area contributed by atoms with Gasteiger partial charge in [0.25, 0.3) is 0 Å². The van der Waals surface area contributed by atoms with Crippen LogP contribution >= 0.6 is 0 Å². The number of rotatable bonds is 5. The summed E-state index contributed by atoms with van der Waals surface area (Å²) in [6.45, 7) is 3.98. The largest absolute Gasteiger partial charge is 0.493 e. The summed E-state index contributed by atoms with van der Waals surface area (Å²) in [5, 5.41) is 8.92. The molecule has 1 aromatic rings. The van der Waals surface area contributed by atoms with Crippen molar-refractivity contribution in [3.63, 3.8) is 0 Å². The third-order valence-corrected chi connectivity index (χ3v) is 3.15. The maximum atomic E-state index is 11.8. The van der Waals surface area contributed by atoms with Gasteiger partial charge < -0.3 is 14.7 Å².